The van der Waals surface area contributed by atoms with Gasteiger partial charge in [-0.1, -0.05) is 6.92 Å². The molecule has 1 aliphatic rings. The molecule has 1 rings (SSSR count). The highest BCUT2D eigenvalue weighted by Gasteiger charge is 2.36. The van der Waals surface area contributed by atoms with Gasteiger partial charge in [0.15, 0.2) is 0 Å². The molecule has 2 atom stereocenters. The van der Waals surface area contributed by atoms with Crippen LogP contribution in [-0.2, 0) is 4.74 Å². The third-order valence-corrected chi connectivity index (χ3v) is 1.54. The van der Waals surface area contributed by atoms with E-state index in [-0.39, 0.29) is 5.60 Å². The first-order valence-electron chi connectivity index (χ1n) is 3.67. The maximum Gasteiger partial charge on any atom is 0.0612 e. The van der Waals surface area contributed by atoms with Crippen LogP contribution in [0.25, 0.3) is 0 Å². The summed E-state index contributed by atoms with van der Waals surface area (Å²) in [6.45, 7) is 8.56. The molecule has 0 radical (unpaired) electrons. The lowest BCUT2D eigenvalue weighted by Crippen LogP contribution is -2.20. The highest BCUT2D eigenvalue weighted by molar-refractivity contribution is 4.85. The predicted molar refractivity (Wildman–Crippen MR) is 38.4 cm³/mol. The molecule has 0 saturated heterocycles. The van der Waals surface area contributed by atoms with Gasteiger partial charge < -0.3 is 4.74 Å². The molecule has 1 aliphatic carbocycles. The monoisotopic (exact) mass is 128 g/mol. The number of hydrogen-bond donors (Lipinski definition) is 0. The number of ether oxygens (including phenoxy) is 1. The molecule has 0 amide bonds. The Morgan fingerprint density at radius 2 is 1.78 bits per heavy atom. The van der Waals surface area contributed by atoms with E-state index in [0.717, 1.165) is 5.92 Å². The fraction of sp³-hybridized carbons (Fsp3) is 1.00. The summed E-state index contributed by atoms with van der Waals surface area (Å²) in [7, 11) is 0. The minimum atomic E-state index is 0.0649. The molecule has 0 bridgehead atoms. The van der Waals surface area contributed by atoms with Crippen molar-refractivity contribution in [3.05, 3.63) is 0 Å². The molecule has 0 aromatic rings. The molecule has 0 N–H and O–H groups in total. The molecule has 1 fully saturated rings. The molecule has 0 heterocycles. The summed E-state index contributed by atoms with van der Waals surface area (Å²) in [6.07, 6.45) is 1.82. The predicted octanol–water partition coefficient (Wildman–Crippen LogP) is 2.21. The van der Waals surface area contributed by atoms with Gasteiger partial charge in [0.1, 0.15) is 0 Å². The van der Waals surface area contributed by atoms with Gasteiger partial charge in [-0.25, -0.2) is 0 Å². The maximum absolute atomic E-state index is 5.66. The van der Waals surface area contributed by atoms with Crippen LogP contribution >= 0.6 is 0 Å². The highest BCUT2D eigenvalue weighted by atomic mass is 16.5. The van der Waals surface area contributed by atoms with Gasteiger partial charge in [0.05, 0.1) is 11.7 Å². The second-order valence-corrected chi connectivity index (χ2v) is 3.98. The molecule has 1 saturated carbocycles. The summed E-state index contributed by atoms with van der Waals surface area (Å²) in [5.74, 6) is 0.809. The molecule has 0 aliphatic heterocycles. The average molecular weight is 128 g/mol. The normalized spacial score (nSPS) is 34.7. The number of rotatable bonds is 1. The van der Waals surface area contributed by atoms with Crippen LogP contribution in [-0.4, -0.2) is 11.7 Å². The summed E-state index contributed by atoms with van der Waals surface area (Å²) in [5, 5.41) is 0. The van der Waals surface area contributed by atoms with Crippen molar-refractivity contribution in [2.75, 3.05) is 0 Å². The third kappa shape index (κ3) is 2.35. The van der Waals surface area contributed by atoms with Crippen LogP contribution in [0.5, 0.6) is 0 Å². The highest BCUT2D eigenvalue weighted by Crippen LogP contribution is 2.35. The van der Waals surface area contributed by atoms with Crippen LogP contribution in [0.15, 0.2) is 0 Å². The Hall–Kier alpha value is -0.0400. The van der Waals surface area contributed by atoms with Crippen molar-refractivity contribution in [2.24, 2.45) is 5.92 Å². The van der Waals surface area contributed by atoms with Crippen LogP contribution in [0.3, 0.4) is 0 Å². The van der Waals surface area contributed by atoms with Crippen LogP contribution < -0.4 is 0 Å². The fourth-order valence-electron chi connectivity index (χ4n) is 0.906. The molecule has 9 heavy (non-hydrogen) atoms. The van der Waals surface area contributed by atoms with E-state index in [0.29, 0.717) is 6.10 Å². The van der Waals surface area contributed by atoms with Gasteiger partial charge in [0.2, 0.25) is 0 Å². The zero-order valence-corrected chi connectivity index (χ0v) is 6.77. The lowest BCUT2D eigenvalue weighted by molar-refractivity contribution is -0.0207. The number of hydrogen-bond acceptors (Lipinski definition) is 1. The molecular weight excluding hydrogens is 112 g/mol. The van der Waals surface area contributed by atoms with E-state index in [1.807, 2.05) is 0 Å². The van der Waals surface area contributed by atoms with E-state index in [1.54, 1.807) is 0 Å². The van der Waals surface area contributed by atoms with E-state index in [1.165, 1.54) is 6.42 Å². The van der Waals surface area contributed by atoms with Gasteiger partial charge in [-0.2, -0.15) is 0 Å². The Morgan fingerprint density at radius 3 is 1.89 bits per heavy atom. The van der Waals surface area contributed by atoms with Crippen molar-refractivity contribution < 1.29 is 4.74 Å². The largest absolute Gasteiger partial charge is 0.372 e. The summed E-state index contributed by atoms with van der Waals surface area (Å²) >= 11 is 0. The van der Waals surface area contributed by atoms with E-state index in [4.69, 9.17) is 4.74 Å². The van der Waals surface area contributed by atoms with Crippen molar-refractivity contribution in [1.82, 2.24) is 0 Å². The molecule has 0 aromatic heterocycles. The first-order chi connectivity index (χ1) is 3.99. The van der Waals surface area contributed by atoms with Crippen LogP contribution in [0.1, 0.15) is 34.1 Å². The van der Waals surface area contributed by atoms with Gasteiger partial charge in [-0.3, -0.25) is 0 Å². The van der Waals surface area contributed by atoms with Crippen LogP contribution in [0, 0.1) is 5.92 Å². The Kier molecular flexibility index (Phi) is 1.55. The first-order valence-corrected chi connectivity index (χ1v) is 3.67. The molecule has 0 aromatic carbocycles. The van der Waals surface area contributed by atoms with Crippen LogP contribution in [0.4, 0.5) is 0 Å². The van der Waals surface area contributed by atoms with Crippen molar-refractivity contribution >= 4 is 0 Å². The second kappa shape index (κ2) is 1.98. The lowest BCUT2D eigenvalue weighted by Gasteiger charge is -2.19. The maximum atomic E-state index is 5.66. The van der Waals surface area contributed by atoms with Gasteiger partial charge >= 0.3 is 0 Å². The zero-order chi connectivity index (χ0) is 7.07. The first kappa shape index (κ1) is 7.07. The Balaban J connectivity index is 2.19. The second-order valence-electron chi connectivity index (χ2n) is 3.98. The van der Waals surface area contributed by atoms with Crippen LogP contribution in [0.2, 0.25) is 0 Å². The molecule has 1 unspecified atom stereocenters. The molecule has 1 heteroatoms. The summed E-state index contributed by atoms with van der Waals surface area (Å²) < 4.78 is 5.66. The zero-order valence-electron chi connectivity index (χ0n) is 6.77. The third-order valence-electron chi connectivity index (χ3n) is 1.54. The minimum absolute atomic E-state index is 0.0649. The summed E-state index contributed by atoms with van der Waals surface area (Å²) in [4.78, 5) is 0. The van der Waals surface area contributed by atoms with E-state index in [2.05, 4.69) is 27.7 Å². The molecule has 0 spiro atoms. The summed E-state index contributed by atoms with van der Waals surface area (Å²) in [6, 6.07) is 0. The molecule has 54 valence electrons. The molecular formula is C8H16O. The lowest BCUT2D eigenvalue weighted by atomic mass is 10.2. The standard InChI is InChI=1S/C8H16O/c1-6-5-7(6)9-8(2,3)4/h6-7H,5H2,1-4H3/t6?,7-/m1/s1. The topological polar surface area (TPSA) is 9.23 Å². The van der Waals surface area contributed by atoms with Gasteiger partial charge in [-0.15, -0.1) is 0 Å². The van der Waals surface area contributed by atoms with Crippen molar-refractivity contribution in [1.29, 1.82) is 0 Å². The Bertz CT molecular complexity index is 102. The van der Waals surface area contributed by atoms with E-state index >= 15 is 0 Å². The quantitative estimate of drug-likeness (QED) is 0.526. The van der Waals surface area contributed by atoms with Crippen molar-refractivity contribution in [3.63, 3.8) is 0 Å². The fourth-order valence-corrected chi connectivity index (χ4v) is 0.906. The van der Waals surface area contributed by atoms with Gasteiger partial charge in [0, 0.05) is 0 Å². The Morgan fingerprint density at radius 1 is 1.33 bits per heavy atom. The Labute approximate surface area is 57.4 Å². The van der Waals surface area contributed by atoms with Gasteiger partial charge in [0.25, 0.3) is 0 Å². The average Bonchev–Trinajstić information content (AvgIpc) is 2.13. The van der Waals surface area contributed by atoms with E-state index in [9.17, 15) is 0 Å². The smallest absolute Gasteiger partial charge is 0.0612 e. The van der Waals surface area contributed by atoms with Crippen molar-refractivity contribution in [2.45, 2.75) is 45.8 Å². The van der Waals surface area contributed by atoms with Gasteiger partial charge in [-0.05, 0) is 33.1 Å². The molecule has 1 nitrogen and oxygen atoms in total. The summed E-state index contributed by atoms with van der Waals surface area (Å²) in [5.41, 5.74) is 0.0649. The minimum Gasteiger partial charge on any atom is -0.372 e. The SMILES string of the molecule is CC1C[C@H]1OC(C)(C)C. The van der Waals surface area contributed by atoms with Crippen molar-refractivity contribution in [3.8, 4) is 0 Å². The van der Waals surface area contributed by atoms with E-state index < -0.39 is 0 Å².